The summed E-state index contributed by atoms with van der Waals surface area (Å²) in [6.07, 6.45) is 0.761. The van der Waals surface area contributed by atoms with Crippen molar-refractivity contribution in [3.05, 3.63) is 82.5 Å². The molecule has 0 bridgehead atoms. The van der Waals surface area contributed by atoms with E-state index in [1.165, 1.54) is 30.1 Å². The van der Waals surface area contributed by atoms with Crippen LogP contribution in [-0.4, -0.2) is 28.7 Å². The monoisotopic (exact) mass is 570 g/mol. The number of halogens is 4. The predicted molar refractivity (Wildman–Crippen MR) is 146 cm³/mol. The van der Waals surface area contributed by atoms with E-state index in [1.54, 1.807) is 36.4 Å². The standard InChI is InChI=1S/C29H26ClF3N4O3/c1-40-26-12-10-19(14-22(26)29(31,32)33)37-25-8-4-7-24(21(25)16-35-37)36-28(39)20-13-17(9-11-23(20)30)15-34-27(38)18-5-2-3-6-18/h4,7-14,16,18H,2-3,5-6,15H2,1H3,(H,34,38)(H,36,39). The average Bonchev–Trinajstić information content (AvgIpc) is 3.63. The van der Waals surface area contributed by atoms with E-state index in [9.17, 15) is 22.8 Å². The highest BCUT2D eigenvalue weighted by Crippen LogP contribution is 2.38. The molecule has 0 unspecified atom stereocenters. The summed E-state index contributed by atoms with van der Waals surface area (Å²) in [6.45, 7) is 0.275. The molecule has 0 spiro atoms. The molecule has 0 saturated heterocycles. The Kier molecular flexibility index (Phi) is 7.71. The number of rotatable bonds is 7. The second kappa shape index (κ2) is 11.2. The van der Waals surface area contributed by atoms with Gasteiger partial charge in [0.2, 0.25) is 5.91 Å². The molecule has 0 atom stereocenters. The number of benzene rings is 3. The minimum atomic E-state index is -4.61. The average molecular weight is 571 g/mol. The first-order valence-corrected chi connectivity index (χ1v) is 13.1. The van der Waals surface area contributed by atoms with E-state index < -0.39 is 17.6 Å². The van der Waals surface area contributed by atoms with Crippen LogP contribution in [0.4, 0.5) is 18.9 Å². The van der Waals surface area contributed by atoms with E-state index >= 15 is 0 Å². The molecular weight excluding hydrogens is 545 g/mol. The van der Waals surface area contributed by atoms with E-state index in [-0.39, 0.29) is 40.4 Å². The number of anilines is 1. The summed E-state index contributed by atoms with van der Waals surface area (Å²) >= 11 is 6.34. The molecule has 1 saturated carbocycles. The van der Waals surface area contributed by atoms with E-state index in [2.05, 4.69) is 15.7 Å². The molecule has 11 heteroatoms. The van der Waals surface area contributed by atoms with Crippen LogP contribution in [0.5, 0.6) is 5.75 Å². The lowest BCUT2D eigenvalue weighted by atomic mass is 10.1. The third-order valence-electron chi connectivity index (χ3n) is 7.06. The Morgan fingerprint density at radius 3 is 2.60 bits per heavy atom. The van der Waals surface area contributed by atoms with Crippen LogP contribution in [0, 0.1) is 5.92 Å². The van der Waals surface area contributed by atoms with Gasteiger partial charge in [0.25, 0.3) is 5.91 Å². The van der Waals surface area contributed by atoms with Gasteiger partial charge < -0.3 is 15.4 Å². The van der Waals surface area contributed by atoms with Gasteiger partial charge in [-0.05, 0) is 60.9 Å². The molecule has 1 aliphatic carbocycles. The summed E-state index contributed by atoms with van der Waals surface area (Å²) in [5.41, 5.74) is 1.12. The third-order valence-corrected chi connectivity index (χ3v) is 7.39. The minimum absolute atomic E-state index is 0.0151. The van der Waals surface area contributed by atoms with Crippen LogP contribution in [-0.2, 0) is 17.5 Å². The van der Waals surface area contributed by atoms with Crippen molar-refractivity contribution in [1.82, 2.24) is 15.1 Å². The van der Waals surface area contributed by atoms with Crippen LogP contribution in [0.15, 0.2) is 60.8 Å². The van der Waals surface area contributed by atoms with Gasteiger partial charge in [0.05, 0.1) is 46.3 Å². The lowest BCUT2D eigenvalue weighted by Gasteiger charge is -2.14. The molecule has 2 N–H and O–H groups in total. The molecule has 40 heavy (non-hydrogen) atoms. The highest BCUT2D eigenvalue weighted by Gasteiger charge is 2.35. The van der Waals surface area contributed by atoms with Crippen molar-refractivity contribution in [2.24, 2.45) is 5.92 Å². The van der Waals surface area contributed by atoms with E-state index in [4.69, 9.17) is 16.3 Å². The van der Waals surface area contributed by atoms with Gasteiger partial charge in [-0.1, -0.05) is 36.6 Å². The topological polar surface area (TPSA) is 85.2 Å². The van der Waals surface area contributed by atoms with E-state index in [1.807, 2.05) is 0 Å². The summed E-state index contributed by atoms with van der Waals surface area (Å²) in [4.78, 5) is 25.6. The zero-order valence-electron chi connectivity index (χ0n) is 21.5. The maximum absolute atomic E-state index is 13.6. The number of amides is 2. The Morgan fingerprint density at radius 1 is 1.10 bits per heavy atom. The molecule has 1 aliphatic rings. The van der Waals surface area contributed by atoms with Crippen LogP contribution in [0.25, 0.3) is 16.6 Å². The van der Waals surface area contributed by atoms with Gasteiger partial charge >= 0.3 is 6.18 Å². The van der Waals surface area contributed by atoms with E-state index in [0.717, 1.165) is 37.3 Å². The number of carbonyl (C=O) groups is 2. The molecule has 5 rings (SSSR count). The number of aromatic nitrogens is 2. The van der Waals surface area contributed by atoms with Crippen molar-refractivity contribution in [3.63, 3.8) is 0 Å². The molecule has 4 aromatic rings. The first-order chi connectivity index (χ1) is 19.2. The molecular formula is C29H26ClF3N4O3. The second-order valence-electron chi connectivity index (χ2n) is 9.64. The molecule has 2 amide bonds. The SMILES string of the molecule is COc1ccc(-n2ncc3c(NC(=O)c4cc(CNC(=O)C5CCCC5)ccc4Cl)cccc32)cc1C(F)(F)F. The van der Waals surface area contributed by atoms with Crippen LogP contribution in [0.3, 0.4) is 0 Å². The van der Waals surface area contributed by atoms with E-state index in [0.29, 0.717) is 16.6 Å². The summed E-state index contributed by atoms with van der Waals surface area (Å²) < 4.78 is 46.9. The van der Waals surface area contributed by atoms with Crippen molar-refractivity contribution in [2.45, 2.75) is 38.4 Å². The lowest BCUT2D eigenvalue weighted by molar-refractivity contribution is -0.138. The molecule has 3 aromatic carbocycles. The maximum Gasteiger partial charge on any atom is 0.420 e. The summed E-state index contributed by atoms with van der Waals surface area (Å²) in [7, 11) is 1.18. The number of nitrogens with one attached hydrogen (secondary N) is 2. The first kappa shape index (κ1) is 27.5. The Labute approximate surface area is 233 Å². The second-order valence-corrected chi connectivity index (χ2v) is 10.1. The number of alkyl halides is 3. The van der Waals surface area contributed by atoms with Crippen molar-refractivity contribution in [3.8, 4) is 11.4 Å². The largest absolute Gasteiger partial charge is 0.496 e. The number of carbonyl (C=O) groups excluding carboxylic acids is 2. The van der Waals surface area contributed by atoms with Crippen LogP contribution >= 0.6 is 11.6 Å². The van der Waals surface area contributed by atoms with Crippen molar-refractivity contribution < 1.29 is 27.5 Å². The molecule has 1 fully saturated rings. The van der Waals surface area contributed by atoms with Crippen molar-refractivity contribution in [1.29, 1.82) is 0 Å². The number of ether oxygens (including phenoxy) is 1. The zero-order valence-corrected chi connectivity index (χ0v) is 22.3. The zero-order chi connectivity index (χ0) is 28.4. The quantitative estimate of drug-likeness (QED) is 0.257. The van der Waals surface area contributed by atoms with Crippen LogP contribution in [0.2, 0.25) is 5.02 Å². The van der Waals surface area contributed by atoms with Crippen LogP contribution in [0.1, 0.15) is 47.2 Å². The summed E-state index contributed by atoms with van der Waals surface area (Å²) in [6, 6.07) is 13.7. The molecule has 1 heterocycles. The fourth-order valence-electron chi connectivity index (χ4n) is 4.98. The number of fused-ring (bicyclic) bond motifs is 1. The number of methoxy groups -OCH3 is 1. The fourth-order valence-corrected chi connectivity index (χ4v) is 5.19. The Bertz CT molecular complexity index is 1580. The summed E-state index contributed by atoms with van der Waals surface area (Å²) in [5.74, 6) is -0.716. The smallest absolute Gasteiger partial charge is 0.420 e. The Hall–Kier alpha value is -4.05. The molecule has 208 valence electrons. The molecule has 0 radical (unpaired) electrons. The third kappa shape index (κ3) is 5.62. The van der Waals surface area contributed by atoms with Gasteiger partial charge in [0.15, 0.2) is 0 Å². The summed E-state index contributed by atoms with van der Waals surface area (Å²) in [5, 5.41) is 10.8. The van der Waals surface area contributed by atoms with Crippen LogP contribution < -0.4 is 15.4 Å². The highest BCUT2D eigenvalue weighted by atomic mass is 35.5. The number of hydrogen-bond acceptors (Lipinski definition) is 4. The normalized spacial score (nSPS) is 13.9. The Balaban J connectivity index is 1.38. The predicted octanol–water partition coefficient (Wildman–Crippen LogP) is 6.77. The van der Waals surface area contributed by atoms with Crippen molar-refractivity contribution >= 4 is 40.0 Å². The van der Waals surface area contributed by atoms with Gasteiger partial charge in [0.1, 0.15) is 5.75 Å². The molecule has 1 aromatic heterocycles. The lowest BCUT2D eigenvalue weighted by Crippen LogP contribution is -2.28. The first-order valence-electron chi connectivity index (χ1n) is 12.8. The number of nitrogens with zero attached hydrogens (tertiary/aromatic N) is 2. The van der Waals surface area contributed by atoms with Gasteiger partial charge in [-0.3, -0.25) is 9.59 Å². The van der Waals surface area contributed by atoms with Gasteiger partial charge in [-0.15, -0.1) is 0 Å². The van der Waals surface area contributed by atoms with Crippen molar-refractivity contribution in [2.75, 3.05) is 12.4 Å². The van der Waals surface area contributed by atoms with Gasteiger partial charge in [-0.25, -0.2) is 4.68 Å². The maximum atomic E-state index is 13.6. The highest BCUT2D eigenvalue weighted by molar-refractivity contribution is 6.34. The Morgan fingerprint density at radius 2 is 1.88 bits per heavy atom. The minimum Gasteiger partial charge on any atom is -0.496 e. The van der Waals surface area contributed by atoms with Gasteiger partial charge in [-0.2, -0.15) is 18.3 Å². The molecule has 0 aliphatic heterocycles. The number of hydrogen-bond donors (Lipinski definition) is 2. The van der Waals surface area contributed by atoms with Gasteiger partial charge in [0, 0.05) is 17.8 Å². The molecule has 7 nitrogen and oxygen atoms in total. The fraction of sp³-hybridized carbons (Fsp3) is 0.276.